The molecule has 0 bridgehead atoms. The van der Waals surface area contributed by atoms with Crippen molar-refractivity contribution in [2.45, 2.75) is 19.3 Å². The maximum Gasteiger partial charge on any atom is 0.417 e. The van der Waals surface area contributed by atoms with E-state index >= 15 is 0 Å². The van der Waals surface area contributed by atoms with Gasteiger partial charge in [-0.15, -0.1) is 0 Å². The highest BCUT2D eigenvalue weighted by atomic mass is 19.4. The first-order valence-corrected chi connectivity index (χ1v) is 10.1. The lowest BCUT2D eigenvalue weighted by Crippen LogP contribution is -2.30. The fraction of sp³-hybridized carbons (Fsp3) is 0.167. The number of carbonyl (C=O) groups excluding carboxylic acids is 1. The normalized spacial score (nSPS) is 16.4. The monoisotopic (exact) mass is 472 g/mol. The number of carbonyl (C=O) groups is 1. The summed E-state index contributed by atoms with van der Waals surface area (Å²) >= 11 is 0. The Balaban J connectivity index is 1.61. The largest absolute Gasteiger partial charge is 0.467 e. The molecule has 0 saturated carbocycles. The summed E-state index contributed by atoms with van der Waals surface area (Å²) in [6.45, 7) is -0.0699. The molecular formula is C24H16F4N2O4. The van der Waals surface area contributed by atoms with Crippen molar-refractivity contribution >= 4 is 17.3 Å². The molecule has 0 unspecified atom stereocenters. The molecule has 174 valence electrons. The number of anilines is 1. The number of amides is 1. The number of halogens is 4. The fourth-order valence-corrected chi connectivity index (χ4v) is 4.26. The SMILES string of the molecule is O=C1/C(=N\O)c2ccc(-c3ccccc3C(F)(F)F)cc2N1Cc1cc(F)cc2c1OCOC2. The van der Waals surface area contributed by atoms with Gasteiger partial charge in [0.1, 0.15) is 11.6 Å². The molecule has 6 nitrogen and oxygen atoms in total. The Hall–Kier alpha value is -3.92. The summed E-state index contributed by atoms with van der Waals surface area (Å²) in [7, 11) is 0. The van der Waals surface area contributed by atoms with Gasteiger partial charge in [0.05, 0.1) is 24.4 Å². The third kappa shape index (κ3) is 3.65. The highest BCUT2D eigenvalue weighted by molar-refractivity contribution is 6.54. The topological polar surface area (TPSA) is 71.4 Å². The first kappa shape index (κ1) is 21.9. The van der Waals surface area contributed by atoms with Crippen LogP contribution >= 0.6 is 0 Å². The first-order chi connectivity index (χ1) is 16.3. The molecule has 3 aromatic rings. The summed E-state index contributed by atoms with van der Waals surface area (Å²) in [6, 6.07) is 11.9. The lowest BCUT2D eigenvalue weighted by Gasteiger charge is -2.24. The predicted molar refractivity (Wildman–Crippen MR) is 113 cm³/mol. The minimum atomic E-state index is -4.58. The van der Waals surface area contributed by atoms with Crippen LogP contribution in [0.25, 0.3) is 11.1 Å². The maximum atomic E-state index is 14.2. The number of oxime groups is 1. The molecule has 34 heavy (non-hydrogen) atoms. The Morgan fingerprint density at radius 1 is 1.06 bits per heavy atom. The predicted octanol–water partition coefficient (Wildman–Crippen LogP) is 5.10. The van der Waals surface area contributed by atoms with E-state index in [1.165, 1.54) is 53.4 Å². The summed E-state index contributed by atoms with van der Waals surface area (Å²) in [5.74, 6) is -0.864. The quantitative estimate of drug-likeness (QED) is 0.327. The van der Waals surface area contributed by atoms with E-state index in [-0.39, 0.29) is 48.0 Å². The average Bonchev–Trinajstić information content (AvgIpc) is 3.08. The number of benzene rings is 3. The van der Waals surface area contributed by atoms with E-state index in [1.807, 2.05) is 0 Å². The van der Waals surface area contributed by atoms with Gasteiger partial charge in [-0.1, -0.05) is 29.4 Å². The van der Waals surface area contributed by atoms with Crippen molar-refractivity contribution in [1.82, 2.24) is 0 Å². The maximum absolute atomic E-state index is 14.2. The molecule has 10 heteroatoms. The molecule has 3 aromatic carbocycles. The van der Waals surface area contributed by atoms with E-state index in [0.29, 0.717) is 16.9 Å². The van der Waals surface area contributed by atoms with Gasteiger partial charge in [-0.25, -0.2) is 4.39 Å². The second-order valence-corrected chi connectivity index (χ2v) is 7.78. The second kappa shape index (κ2) is 8.14. The van der Waals surface area contributed by atoms with Crippen LogP contribution in [0.15, 0.2) is 59.8 Å². The van der Waals surface area contributed by atoms with Crippen LogP contribution in [-0.4, -0.2) is 23.6 Å². The van der Waals surface area contributed by atoms with Crippen LogP contribution in [0.3, 0.4) is 0 Å². The first-order valence-electron chi connectivity index (χ1n) is 10.1. The summed E-state index contributed by atoms with van der Waals surface area (Å²) in [5, 5.41) is 12.5. The third-order valence-corrected chi connectivity index (χ3v) is 5.72. The van der Waals surface area contributed by atoms with Crippen LogP contribution < -0.4 is 9.64 Å². The van der Waals surface area contributed by atoms with Crippen molar-refractivity contribution < 1.29 is 37.0 Å². The molecule has 5 rings (SSSR count). The summed E-state index contributed by atoms with van der Waals surface area (Å²) in [4.78, 5) is 14.2. The number of hydrogen-bond donors (Lipinski definition) is 1. The number of alkyl halides is 3. The van der Waals surface area contributed by atoms with Gasteiger partial charge in [0, 0.05) is 16.7 Å². The zero-order valence-corrected chi connectivity index (χ0v) is 17.4. The lowest BCUT2D eigenvalue weighted by molar-refractivity contribution is -0.137. The van der Waals surface area contributed by atoms with Crippen molar-refractivity contribution in [1.29, 1.82) is 0 Å². The van der Waals surface area contributed by atoms with Crippen LogP contribution in [0.1, 0.15) is 22.3 Å². The molecule has 0 aromatic heterocycles. The van der Waals surface area contributed by atoms with E-state index in [0.717, 1.165) is 6.07 Å². The van der Waals surface area contributed by atoms with Crippen LogP contribution in [0.4, 0.5) is 23.2 Å². The van der Waals surface area contributed by atoms with Crippen LogP contribution in [0.2, 0.25) is 0 Å². The van der Waals surface area contributed by atoms with E-state index < -0.39 is 23.5 Å². The van der Waals surface area contributed by atoms with Crippen molar-refractivity contribution in [2.24, 2.45) is 5.16 Å². The summed E-state index contributed by atoms with van der Waals surface area (Å²) in [6.07, 6.45) is -4.58. The second-order valence-electron chi connectivity index (χ2n) is 7.78. The minimum absolute atomic E-state index is 0.0438. The van der Waals surface area contributed by atoms with Crippen LogP contribution in [-0.2, 0) is 28.9 Å². The smallest absolute Gasteiger partial charge is 0.417 e. The molecule has 0 atom stereocenters. The van der Waals surface area contributed by atoms with Crippen molar-refractivity contribution in [3.8, 4) is 16.9 Å². The zero-order chi connectivity index (χ0) is 24.0. The Bertz CT molecular complexity index is 1340. The Morgan fingerprint density at radius 3 is 2.62 bits per heavy atom. The molecule has 0 spiro atoms. The average molecular weight is 472 g/mol. The summed E-state index contributed by atoms with van der Waals surface area (Å²) < 4.78 is 65.6. The molecule has 0 fully saturated rings. The van der Waals surface area contributed by atoms with Crippen LogP contribution in [0, 0.1) is 5.82 Å². The van der Waals surface area contributed by atoms with Gasteiger partial charge < -0.3 is 19.6 Å². The van der Waals surface area contributed by atoms with E-state index in [9.17, 15) is 27.6 Å². The van der Waals surface area contributed by atoms with Gasteiger partial charge in [0.2, 0.25) is 0 Å². The molecule has 2 aliphatic heterocycles. The molecule has 2 aliphatic rings. The van der Waals surface area contributed by atoms with E-state index in [2.05, 4.69) is 5.16 Å². The van der Waals surface area contributed by atoms with Crippen molar-refractivity contribution in [3.63, 3.8) is 0 Å². The molecule has 2 heterocycles. The molecule has 0 saturated heterocycles. The standard InChI is InChI=1S/C24H16F4N2O4/c25-16-7-14(22-15(8-16)11-33-12-34-22)10-30-20-9-13(5-6-18(20)21(29-32)23(30)31)17-3-1-2-4-19(17)24(26,27)28/h1-9,32H,10-12H2/b29-21-. The summed E-state index contributed by atoms with van der Waals surface area (Å²) in [5.41, 5.74) is 0.356. The van der Waals surface area contributed by atoms with Gasteiger partial charge in [-0.3, -0.25) is 4.79 Å². The van der Waals surface area contributed by atoms with Crippen molar-refractivity contribution in [2.75, 3.05) is 11.7 Å². The number of fused-ring (bicyclic) bond motifs is 2. The van der Waals surface area contributed by atoms with Gasteiger partial charge in [-0.2, -0.15) is 13.2 Å². The zero-order valence-electron chi connectivity index (χ0n) is 17.4. The lowest BCUT2D eigenvalue weighted by atomic mass is 9.97. The van der Waals surface area contributed by atoms with Crippen LogP contribution in [0.5, 0.6) is 5.75 Å². The number of hydrogen-bond acceptors (Lipinski definition) is 5. The Labute approximate surface area is 190 Å². The molecule has 0 radical (unpaired) electrons. The fourth-order valence-electron chi connectivity index (χ4n) is 4.26. The third-order valence-electron chi connectivity index (χ3n) is 5.72. The number of nitrogens with zero attached hydrogens (tertiary/aromatic N) is 2. The molecule has 1 N–H and O–H groups in total. The highest BCUT2D eigenvalue weighted by Gasteiger charge is 2.37. The number of rotatable bonds is 3. The van der Waals surface area contributed by atoms with Gasteiger partial charge in [0.15, 0.2) is 12.5 Å². The highest BCUT2D eigenvalue weighted by Crippen LogP contribution is 2.41. The van der Waals surface area contributed by atoms with Gasteiger partial charge in [0.25, 0.3) is 5.91 Å². The number of ether oxygens (including phenoxy) is 2. The molecule has 1 amide bonds. The molecule has 0 aliphatic carbocycles. The Morgan fingerprint density at radius 2 is 1.85 bits per heavy atom. The minimum Gasteiger partial charge on any atom is -0.467 e. The van der Waals surface area contributed by atoms with Gasteiger partial charge >= 0.3 is 6.18 Å². The van der Waals surface area contributed by atoms with E-state index in [1.54, 1.807) is 0 Å². The van der Waals surface area contributed by atoms with Crippen molar-refractivity contribution in [3.05, 3.63) is 82.7 Å². The van der Waals surface area contributed by atoms with E-state index in [4.69, 9.17) is 9.47 Å². The molecular weight excluding hydrogens is 456 g/mol. The Kier molecular flexibility index (Phi) is 5.24. The van der Waals surface area contributed by atoms with Gasteiger partial charge in [-0.05, 0) is 41.5 Å².